The zero-order valence-corrected chi connectivity index (χ0v) is 18.3. The fraction of sp³-hybridized carbons (Fsp3) is 0.429. The molecule has 0 saturated carbocycles. The smallest absolute Gasteiger partial charge is 0.203 e. The molecule has 2 aromatic heterocycles. The Balaban J connectivity index is 1.65. The number of hydrogen-bond acceptors (Lipinski definition) is 4. The molecule has 148 valence electrons. The van der Waals surface area contributed by atoms with Crippen molar-refractivity contribution in [2.75, 3.05) is 13.7 Å². The number of ether oxygens (including phenoxy) is 1. The van der Waals surface area contributed by atoms with Gasteiger partial charge in [-0.15, -0.1) is 16.4 Å². The molecule has 28 heavy (non-hydrogen) atoms. The average molecular weight is 416 g/mol. The number of methoxy groups -OCH3 is 1. The normalized spacial score (nSPS) is 18.8. The molecule has 0 aliphatic carbocycles. The van der Waals surface area contributed by atoms with Crippen LogP contribution in [-0.4, -0.2) is 28.0 Å². The molecular weight excluding hydrogens is 388 g/mol. The Morgan fingerprint density at radius 2 is 2.04 bits per heavy atom. The summed E-state index contributed by atoms with van der Waals surface area (Å²) in [6.07, 6.45) is 2.28. The Hall–Kier alpha value is -1.96. The maximum Gasteiger partial charge on any atom is 0.203 e. The lowest BCUT2D eigenvalue weighted by molar-refractivity contribution is -0.956. The van der Waals surface area contributed by atoms with Gasteiger partial charge in [0.25, 0.3) is 0 Å². The van der Waals surface area contributed by atoms with E-state index in [1.807, 2.05) is 40.3 Å². The van der Waals surface area contributed by atoms with Gasteiger partial charge in [0.15, 0.2) is 12.5 Å². The van der Waals surface area contributed by atoms with Crippen molar-refractivity contribution in [1.82, 2.24) is 14.3 Å². The molecule has 0 radical (unpaired) electrons. The standard InChI is InChI=1S/C21H26N4OS2/c1-4-18-17-11-13-28-19(17)10-12-23(18)14-25-21(27)24(5-2)20(22-25)15-6-8-16(26-3)9-7-15/h6-9,11,13,18H,4-5,10,12,14H2,1-3H3/p+1/t18-/m1/s1. The quantitative estimate of drug-likeness (QED) is 0.624. The maximum atomic E-state index is 5.79. The summed E-state index contributed by atoms with van der Waals surface area (Å²) >= 11 is 7.69. The minimum absolute atomic E-state index is 0.521. The molecule has 1 aliphatic rings. The summed E-state index contributed by atoms with van der Waals surface area (Å²) in [5.74, 6) is 1.77. The first kappa shape index (κ1) is 19.4. The van der Waals surface area contributed by atoms with Gasteiger partial charge < -0.3 is 14.2 Å². The Morgan fingerprint density at radius 1 is 1.25 bits per heavy atom. The van der Waals surface area contributed by atoms with Gasteiger partial charge in [0, 0.05) is 35.4 Å². The highest BCUT2D eigenvalue weighted by Crippen LogP contribution is 2.27. The number of nitrogens with zero attached hydrogens (tertiary/aromatic N) is 3. The van der Waals surface area contributed by atoms with E-state index in [0.717, 1.165) is 54.5 Å². The van der Waals surface area contributed by atoms with Crippen LogP contribution in [0.1, 0.15) is 36.8 Å². The number of thiophene rings is 1. The van der Waals surface area contributed by atoms with Crippen LogP contribution in [0.3, 0.4) is 0 Å². The fourth-order valence-corrected chi connectivity index (χ4v) is 5.47. The molecule has 4 rings (SSSR count). The fourth-order valence-electron chi connectivity index (χ4n) is 4.21. The van der Waals surface area contributed by atoms with E-state index in [1.165, 1.54) is 5.56 Å². The second-order valence-corrected chi connectivity index (χ2v) is 8.52. The first-order valence-electron chi connectivity index (χ1n) is 9.89. The lowest BCUT2D eigenvalue weighted by atomic mass is 9.98. The van der Waals surface area contributed by atoms with Gasteiger partial charge in [-0.25, -0.2) is 0 Å². The SMILES string of the molecule is CC[C@@H]1c2ccsc2CC[NH+]1Cn1nc(-c2ccc(OC)cc2)n(CC)c1=S. The van der Waals surface area contributed by atoms with Gasteiger partial charge in [-0.2, -0.15) is 4.68 Å². The van der Waals surface area contributed by atoms with Crippen molar-refractivity contribution in [3.63, 3.8) is 0 Å². The number of hydrogen-bond donors (Lipinski definition) is 1. The predicted octanol–water partition coefficient (Wildman–Crippen LogP) is 3.72. The minimum atomic E-state index is 0.521. The molecule has 0 amide bonds. The van der Waals surface area contributed by atoms with Crippen molar-refractivity contribution in [2.24, 2.45) is 0 Å². The van der Waals surface area contributed by atoms with Gasteiger partial charge in [0.05, 0.1) is 13.7 Å². The third-order valence-corrected chi connectivity index (χ3v) is 7.10. The van der Waals surface area contributed by atoms with E-state index in [4.69, 9.17) is 22.1 Å². The van der Waals surface area contributed by atoms with Crippen molar-refractivity contribution >= 4 is 23.6 Å². The second kappa shape index (κ2) is 8.19. The first-order valence-corrected chi connectivity index (χ1v) is 11.2. The third kappa shape index (κ3) is 3.43. The number of fused-ring (bicyclic) bond motifs is 1. The highest BCUT2D eigenvalue weighted by Gasteiger charge is 2.31. The molecule has 1 aromatic carbocycles. The van der Waals surface area contributed by atoms with Crippen LogP contribution in [0, 0.1) is 4.77 Å². The third-order valence-electron chi connectivity index (χ3n) is 5.67. The van der Waals surface area contributed by atoms with Crippen LogP contribution in [0.5, 0.6) is 5.75 Å². The van der Waals surface area contributed by atoms with Crippen LogP contribution in [0.15, 0.2) is 35.7 Å². The highest BCUT2D eigenvalue weighted by molar-refractivity contribution is 7.71. The Morgan fingerprint density at radius 3 is 2.71 bits per heavy atom. The van der Waals surface area contributed by atoms with Gasteiger partial charge in [0.1, 0.15) is 11.8 Å². The molecule has 1 aliphatic heterocycles. The molecule has 3 heterocycles. The van der Waals surface area contributed by atoms with Crippen molar-refractivity contribution in [1.29, 1.82) is 0 Å². The van der Waals surface area contributed by atoms with Crippen LogP contribution in [0.25, 0.3) is 11.4 Å². The molecule has 0 saturated heterocycles. The minimum Gasteiger partial charge on any atom is -0.497 e. The van der Waals surface area contributed by atoms with E-state index in [9.17, 15) is 0 Å². The maximum absolute atomic E-state index is 5.79. The molecule has 5 nitrogen and oxygen atoms in total. The number of quaternary nitrogens is 1. The van der Waals surface area contributed by atoms with E-state index in [2.05, 4.69) is 29.9 Å². The van der Waals surface area contributed by atoms with Crippen molar-refractivity contribution in [3.05, 3.63) is 50.9 Å². The number of benzene rings is 1. The lowest BCUT2D eigenvalue weighted by Gasteiger charge is -2.31. The first-order chi connectivity index (χ1) is 13.7. The molecule has 0 spiro atoms. The molecule has 1 unspecified atom stereocenters. The van der Waals surface area contributed by atoms with Crippen molar-refractivity contribution in [2.45, 2.75) is 45.9 Å². The molecule has 7 heteroatoms. The molecular formula is C21H27N4OS2+. The zero-order valence-electron chi connectivity index (χ0n) is 16.6. The van der Waals surface area contributed by atoms with Crippen molar-refractivity contribution < 1.29 is 9.64 Å². The summed E-state index contributed by atoms with van der Waals surface area (Å²) in [5.41, 5.74) is 2.58. The summed E-state index contributed by atoms with van der Waals surface area (Å²) in [5, 5.41) is 7.16. The summed E-state index contributed by atoms with van der Waals surface area (Å²) < 4.78 is 10.2. The molecule has 1 N–H and O–H groups in total. The molecule has 0 fully saturated rings. The van der Waals surface area contributed by atoms with E-state index in [-0.39, 0.29) is 0 Å². The molecule has 2 atom stereocenters. The van der Waals surface area contributed by atoms with Crippen LogP contribution in [-0.2, 0) is 19.6 Å². The van der Waals surface area contributed by atoms with Gasteiger partial charge in [0.2, 0.25) is 4.77 Å². The van der Waals surface area contributed by atoms with Crippen LogP contribution in [0.2, 0.25) is 0 Å². The van der Waals surface area contributed by atoms with E-state index in [0.29, 0.717) is 6.04 Å². The molecule has 3 aromatic rings. The van der Waals surface area contributed by atoms with Gasteiger partial charge in [-0.3, -0.25) is 0 Å². The van der Waals surface area contributed by atoms with Crippen LogP contribution < -0.4 is 9.64 Å². The Labute approximate surface area is 175 Å². The van der Waals surface area contributed by atoms with Gasteiger partial charge in [-0.05, 0) is 54.9 Å². The summed E-state index contributed by atoms with van der Waals surface area (Å²) in [6, 6.07) is 10.9. The number of rotatable bonds is 6. The highest BCUT2D eigenvalue weighted by atomic mass is 32.1. The van der Waals surface area contributed by atoms with E-state index < -0.39 is 0 Å². The average Bonchev–Trinajstić information content (AvgIpc) is 3.32. The largest absolute Gasteiger partial charge is 0.497 e. The Bertz CT molecular complexity index is 1000. The summed E-state index contributed by atoms with van der Waals surface area (Å²) in [6.45, 7) is 7.15. The van der Waals surface area contributed by atoms with Gasteiger partial charge in [-0.1, -0.05) is 6.92 Å². The van der Waals surface area contributed by atoms with Crippen LogP contribution in [0.4, 0.5) is 0 Å². The van der Waals surface area contributed by atoms with Gasteiger partial charge >= 0.3 is 0 Å². The summed E-state index contributed by atoms with van der Waals surface area (Å²) in [7, 11) is 1.68. The predicted molar refractivity (Wildman–Crippen MR) is 116 cm³/mol. The topological polar surface area (TPSA) is 36.4 Å². The van der Waals surface area contributed by atoms with E-state index in [1.54, 1.807) is 16.9 Å². The number of nitrogens with one attached hydrogen (secondary N) is 1. The van der Waals surface area contributed by atoms with E-state index >= 15 is 0 Å². The monoisotopic (exact) mass is 415 g/mol. The number of aromatic nitrogens is 3. The Kier molecular flexibility index (Phi) is 5.66. The van der Waals surface area contributed by atoms with Crippen LogP contribution >= 0.6 is 23.6 Å². The summed E-state index contributed by atoms with van der Waals surface area (Å²) in [4.78, 5) is 3.10. The second-order valence-electron chi connectivity index (χ2n) is 7.15. The molecule has 0 bridgehead atoms. The zero-order chi connectivity index (χ0) is 19.7. The van der Waals surface area contributed by atoms with Crippen molar-refractivity contribution in [3.8, 4) is 17.1 Å². The lowest BCUT2D eigenvalue weighted by Crippen LogP contribution is -3.12.